The number of carbonyl (C=O) groups is 6. The first-order chi connectivity index (χ1) is 21.7. The van der Waals surface area contributed by atoms with Crippen molar-refractivity contribution in [2.75, 3.05) is 24.7 Å². The third kappa shape index (κ3) is 5.06. The SMILES string of the molecule is C[C@H]1c2ccc(NC(=O)Nc3ccc(Cl)cc3C(F)(F)F)c(O)c2C(=O)C2C(=O)[C@]3(O)C(=O)C(C(N)=O)C(=O)[C@@H](N(C)C)[C@@H]3[C@@H](O)[C@@H]21. The molecule has 47 heavy (non-hydrogen) atoms. The number of ketones is 4. The summed E-state index contributed by atoms with van der Waals surface area (Å²) >= 11 is 5.67. The average molecular weight is 681 g/mol. The van der Waals surface area contributed by atoms with E-state index in [9.17, 15) is 57.3 Å². The molecule has 2 fully saturated rings. The van der Waals surface area contributed by atoms with Crippen molar-refractivity contribution in [3.63, 3.8) is 0 Å². The van der Waals surface area contributed by atoms with Crippen LogP contribution in [0.4, 0.5) is 29.3 Å². The molecule has 17 heteroatoms. The van der Waals surface area contributed by atoms with Crippen molar-refractivity contribution in [2.45, 2.75) is 36.8 Å². The Morgan fingerprint density at radius 3 is 2.19 bits per heavy atom. The molecule has 0 bridgehead atoms. The Morgan fingerprint density at radius 2 is 1.62 bits per heavy atom. The van der Waals surface area contributed by atoms with Gasteiger partial charge in [0.15, 0.2) is 34.7 Å². The predicted octanol–water partition coefficient (Wildman–Crippen LogP) is 1.72. The van der Waals surface area contributed by atoms with Crippen LogP contribution in [0.5, 0.6) is 5.75 Å². The number of primary amides is 1. The van der Waals surface area contributed by atoms with Crippen LogP contribution < -0.4 is 16.4 Å². The number of phenols is 1. The summed E-state index contributed by atoms with van der Waals surface area (Å²) in [6.07, 6.45) is -6.73. The van der Waals surface area contributed by atoms with Gasteiger partial charge < -0.3 is 31.7 Å². The van der Waals surface area contributed by atoms with E-state index >= 15 is 0 Å². The minimum absolute atomic E-state index is 0.0962. The number of urea groups is 1. The van der Waals surface area contributed by atoms with E-state index in [1.54, 1.807) is 0 Å². The number of phenolic OH excluding ortho intramolecular Hbond substituents is 1. The molecule has 2 unspecified atom stereocenters. The van der Waals surface area contributed by atoms with Crippen molar-refractivity contribution in [3.05, 3.63) is 52.0 Å². The summed E-state index contributed by atoms with van der Waals surface area (Å²) in [5.74, 6) is -15.7. The molecule has 3 amide bonds. The Balaban J connectivity index is 1.54. The smallest absolute Gasteiger partial charge is 0.418 e. The van der Waals surface area contributed by atoms with Crippen LogP contribution in [0.25, 0.3) is 0 Å². The van der Waals surface area contributed by atoms with Gasteiger partial charge in [-0.1, -0.05) is 24.6 Å². The molecule has 3 aliphatic rings. The summed E-state index contributed by atoms with van der Waals surface area (Å²) in [5.41, 5.74) is -0.714. The number of nitrogens with zero attached hydrogens (tertiary/aromatic N) is 1. The molecule has 2 aromatic rings. The van der Waals surface area contributed by atoms with Crippen molar-refractivity contribution >= 4 is 58.0 Å². The monoisotopic (exact) mass is 680 g/mol. The third-order valence-corrected chi connectivity index (χ3v) is 9.51. The fraction of sp³-hybridized carbons (Fsp3) is 0.400. The molecular weight excluding hydrogens is 653 g/mol. The first-order valence-corrected chi connectivity index (χ1v) is 14.5. The van der Waals surface area contributed by atoms with Crippen LogP contribution >= 0.6 is 11.6 Å². The number of hydrogen-bond acceptors (Lipinski definition) is 10. The number of nitrogens with one attached hydrogen (secondary N) is 2. The number of alkyl halides is 3. The van der Waals surface area contributed by atoms with E-state index < -0.39 is 117 Å². The number of carbonyl (C=O) groups excluding carboxylic acids is 6. The fourth-order valence-electron chi connectivity index (χ4n) is 7.23. The lowest BCUT2D eigenvalue weighted by Gasteiger charge is -2.56. The van der Waals surface area contributed by atoms with E-state index in [4.69, 9.17) is 17.3 Å². The summed E-state index contributed by atoms with van der Waals surface area (Å²) < 4.78 is 40.5. The van der Waals surface area contributed by atoms with Gasteiger partial charge in [0, 0.05) is 10.9 Å². The third-order valence-electron chi connectivity index (χ3n) is 9.27. The number of rotatable bonds is 4. The van der Waals surface area contributed by atoms with Gasteiger partial charge in [-0.25, -0.2) is 4.79 Å². The number of anilines is 2. The van der Waals surface area contributed by atoms with Crippen molar-refractivity contribution < 1.29 is 57.3 Å². The molecule has 3 aliphatic carbocycles. The van der Waals surface area contributed by atoms with Crippen LogP contribution in [0.3, 0.4) is 0 Å². The summed E-state index contributed by atoms with van der Waals surface area (Å²) in [6, 6.07) is 2.25. The highest BCUT2D eigenvalue weighted by molar-refractivity contribution is 6.33. The molecule has 13 nitrogen and oxygen atoms in total. The van der Waals surface area contributed by atoms with Crippen LogP contribution in [0.1, 0.15) is 34.3 Å². The fourth-order valence-corrected chi connectivity index (χ4v) is 7.40. The second kappa shape index (κ2) is 11.4. The van der Waals surface area contributed by atoms with Crippen molar-refractivity contribution in [3.8, 4) is 5.75 Å². The van der Waals surface area contributed by atoms with E-state index in [1.165, 1.54) is 32.0 Å². The highest BCUT2D eigenvalue weighted by atomic mass is 35.5. The van der Waals surface area contributed by atoms with Gasteiger partial charge in [-0.2, -0.15) is 13.2 Å². The number of benzene rings is 2. The minimum atomic E-state index is -4.89. The van der Waals surface area contributed by atoms with E-state index in [2.05, 4.69) is 5.32 Å². The van der Waals surface area contributed by atoms with E-state index in [1.807, 2.05) is 5.32 Å². The highest BCUT2D eigenvalue weighted by Crippen LogP contribution is 2.55. The molecule has 0 saturated heterocycles. The molecule has 7 N–H and O–H groups in total. The summed E-state index contributed by atoms with van der Waals surface area (Å²) in [7, 11) is 2.73. The van der Waals surface area contributed by atoms with E-state index in [0.717, 1.165) is 18.2 Å². The number of aliphatic hydroxyl groups is 2. The summed E-state index contributed by atoms with van der Waals surface area (Å²) in [5, 5.41) is 38.4. The van der Waals surface area contributed by atoms with Crippen LogP contribution in [-0.2, 0) is 25.4 Å². The van der Waals surface area contributed by atoms with Crippen molar-refractivity contribution in [1.82, 2.24) is 4.90 Å². The van der Waals surface area contributed by atoms with Crippen LogP contribution in [0.2, 0.25) is 5.02 Å². The Kier molecular flexibility index (Phi) is 8.24. The zero-order chi connectivity index (χ0) is 35.1. The van der Waals surface area contributed by atoms with Gasteiger partial charge in [0.1, 0.15) is 5.75 Å². The molecule has 0 aromatic heterocycles. The van der Waals surface area contributed by atoms with Gasteiger partial charge in [0.25, 0.3) is 0 Å². The number of likely N-dealkylation sites (N-methyl/N-ethyl adjacent to an activating group) is 1. The lowest BCUT2D eigenvalue weighted by atomic mass is 9.49. The summed E-state index contributed by atoms with van der Waals surface area (Å²) in [6.45, 7) is 1.49. The quantitative estimate of drug-likeness (QED) is 0.203. The number of halogens is 4. The van der Waals surface area contributed by atoms with Crippen LogP contribution in [-0.4, -0.2) is 87.1 Å². The summed E-state index contributed by atoms with van der Waals surface area (Å²) in [4.78, 5) is 80.8. The Morgan fingerprint density at radius 1 is 1.02 bits per heavy atom. The molecule has 0 aliphatic heterocycles. The molecule has 0 heterocycles. The molecule has 250 valence electrons. The second-order valence-electron chi connectivity index (χ2n) is 12.1. The highest BCUT2D eigenvalue weighted by Gasteiger charge is 2.73. The lowest BCUT2D eigenvalue weighted by Crippen LogP contribution is -2.77. The molecular formula is C30H28ClF3N4O9. The zero-order valence-corrected chi connectivity index (χ0v) is 25.5. The van der Waals surface area contributed by atoms with E-state index in [0.29, 0.717) is 6.07 Å². The first kappa shape index (κ1) is 34.0. The van der Waals surface area contributed by atoms with Gasteiger partial charge >= 0.3 is 12.2 Å². The molecule has 8 atom stereocenters. The molecule has 0 spiro atoms. The zero-order valence-electron chi connectivity index (χ0n) is 24.8. The van der Waals surface area contributed by atoms with Gasteiger partial charge in [-0.15, -0.1) is 0 Å². The minimum Gasteiger partial charge on any atom is -0.505 e. The number of aromatic hydroxyl groups is 1. The van der Waals surface area contributed by atoms with Gasteiger partial charge in [-0.3, -0.25) is 28.9 Å². The lowest BCUT2D eigenvalue weighted by molar-refractivity contribution is -0.196. The molecule has 5 rings (SSSR count). The predicted molar refractivity (Wildman–Crippen MR) is 157 cm³/mol. The van der Waals surface area contributed by atoms with Gasteiger partial charge in [0.05, 0.1) is 46.5 Å². The van der Waals surface area contributed by atoms with E-state index in [-0.39, 0.29) is 10.6 Å². The maximum Gasteiger partial charge on any atom is 0.418 e. The Labute approximate surface area is 268 Å². The number of nitrogens with two attached hydrogens (primary N) is 1. The maximum atomic E-state index is 14.0. The van der Waals surface area contributed by atoms with Crippen LogP contribution in [0.15, 0.2) is 30.3 Å². The number of fused-ring (bicyclic) bond motifs is 3. The van der Waals surface area contributed by atoms with Crippen molar-refractivity contribution in [1.29, 1.82) is 0 Å². The Bertz CT molecular complexity index is 1770. The second-order valence-corrected chi connectivity index (χ2v) is 12.5. The number of hydrogen-bond donors (Lipinski definition) is 6. The molecule has 2 saturated carbocycles. The number of aliphatic hydroxyl groups excluding tert-OH is 1. The topological polar surface area (TPSA) is 216 Å². The molecule has 0 radical (unpaired) electrons. The maximum absolute atomic E-state index is 14.0. The van der Waals surface area contributed by atoms with Gasteiger partial charge in [-0.05, 0) is 49.8 Å². The standard InChI is InChI=1S/C30H28ClF3N4O9/c1-9-11-5-7-14(37-28(46)36-13-6-4-10(31)8-12(13)30(32,33)34)21(39)16(11)22(40)17-15(9)23(41)19-20(38(2)3)24(42)18(27(35)45)26(44)29(19,47)25(17)43/h4-9,15,17-20,23,39,41,47H,1-3H3,(H2,35,45)(H2,36,37,46)/t9-,15+,17?,18?,19+,20-,23-,29-/m0/s1. The van der Waals surface area contributed by atoms with Crippen LogP contribution in [0, 0.1) is 23.7 Å². The average Bonchev–Trinajstić information content (AvgIpc) is 2.96. The van der Waals surface area contributed by atoms with Crippen molar-refractivity contribution in [2.24, 2.45) is 29.4 Å². The van der Waals surface area contributed by atoms with Gasteiger partial charge in [0.2, 0.25) is 5.91 Å². The normalized spacial score (nSPS) is 30.4. The number of Topliss-reactive ketones (excluding diaryl/α,β-unsaturated/α-hetero) is 4. The number of amides is 3. The molecule has 2 aromatic carbocycles. The Hall–Kier alpha value is -4.38. The largest absolute Gasteiger partial charge is 0.505 e. The first-order valence-electron chi connectivity index (χ1n) is 14.1.